The minimum atomic E-state index is -0.0996. The van der Waals surface area contributed by atoms with Crippen LogP contribution in [0.1, 0.15) is 55.5 Å². The van der Waals surface area contributed by atoms with E-state index in [1.807, 2.05) is 39.0 Å². The van der Waals surface area contributed by atoms with E-state index < -0.39 is 0 Å². The monoisotopic (exact) mass is 454 g/mol. The van der Waals surface area contributed by atoms with Crippen LogP contribution in [0.5, 0.6) is 0 Å². The summed E-state index contributed by atoms with van der Waals surface area (Å²) in [6.45, 7) is 8.97. The smallest absolute Gasteiger partial charge is 0.253 e. The number of rotatable bonds is 5. The summed E-state index contributed by atoms with van der Waals surface area (Å²) in [7, 11) is 0. The Balaban J connectivity index is 1.39. The van der Waals surface area contributed by atoms with E-state index in [0.717, 1.165) is 37.9 Å². The highest BCUT2D eigenvalue weighted by molar-refractivity contribution is 5.94. The van der Waals surface area contributed by atoms with Crippen LogP contribution in [0.2, 0.25) is 0 Å². The summed E-state index contributed by atoms with van der Waals surface area (Å²) in [5.74, 6) is 0.785. The third kappa shape index (κ3) is 5.40. The maximum atomic E-state index is 13.7. The van der Waals surface area contributed by atoms with Crippen LogP contribution in [0.4, 0.5) is 0 Å². The van der Waals surface area contributed by atoms with E-state index in [1.54, 1.807) is 6.92 Å². The average molecular weight is 455 g/mol. The van der Waals surface area contributed by atoms with Crippen molar-refractivity contribution in [1.29, 1.82) is 0 Å². The lowest BCUT2D eigenvalue weighted by Gasteiger charge is -2.44. The van der Waals surface area contributed by atoms with Crippen molar-refractivity contribution in [3.63, 3.8) is 0 Å². The molecular weight excluding hydrogens is 416 g/mol. The second-order valence-electron chi connectivity index (χ2n) is 9.70. The second kappa shape index (κ2) is 10.7. The van der Waals surface area contributed by atoms with Gasteiger partial charge in [0.05, 0.1) is 6.04 Å². The second-order valence-corrected chi connectivity index (χ2v) is 9.70. The Hall–Kier alpha value is -2.41. The summed E-state index contributed by atoms with van der Waals surface area (Å²) in [5, 5.41) is 0. The van der Waals surface area contributed by atoms with Crippen molar-refractivity contribution in [1.82, 2.24) is 19.6 Å². The Morgan fingerprint density at radius 1 is 0.818 bits per heavy atom. The van der Waals surface area contributed by atoms with E-state index in [9.17, 15) is 14.4 Å². The molecule has 2 heterocycles. The summed E-state index contributed by atoms with van der Waals surface area (Å²) in [6.07, 6.45) is 5.56. The van der Waals surface area contributed by atoms with Gasteiger partial charge in [-0.3, -0.25) is 19.3 Å². The average Bonchev–Trinajstić information content (AvgIpc) is 3.38. The number of benzene rings is 1. The van der Waals surface area contributed by atoms with E-state index in [1.165, 1.54) is 18.4 Å². The molecular formula is C26H38N4O3. The van der Waals surface area contributed by atoms with Gasteiger partial charge in [-0.2, -0.15) is 0 Å². The lowest BCUT2D eigenvalue weighted by Crippen LogP contribution is -2.60. The molecule has 2 saturated heterocycles. The first-order valence-corrected chi connectivity index (χ1v) is 12.6. The lowest BCUT2D eigenvalue weighted by atomic mass is 9.94. The quantitative estimate of drug-likeness (QED) is 0.685. The highest BCUT2D eigenvalue weighted by Crippen LogP contribution is 2.32. The summed E-state index contributed by atoms with van der Waals surface area (Å²) in [4.78, 5) is 46.4. The zero-order valence-electron chi connectivity index (χ0n) is 20.2. The molecule has 1 aromatic carbocycles. The van der Waals surface area contributed by atoms with Gasteiger partial charge in [-0.1, -0.05) is 31.9 Å². The van der Waals surface area contributed by atoms with Gasteiger partial charge in [0.2, 0.25) is 11.8 Å². The van der Waals surface area contributed by atoms with Gasteiger partial charge in [0.25, 0.3) is 5.91 Å². The summed E-state index contributed by atoms with van der Waals surface area (Å²) >= 11 is 0. The van der Waals surface area contributed by atoms with E-state index in [4.69, 9.17) is 0 Å². The van der Waals surface area contributed by atoms with E-state index >= 15 is 0 Å². The third-order valence-corrected chi connectivity index (χ3v) is 7.74. The summed E-state index contributed by atoms with van der Waals surface area (Å²) in [6, 6.07) is 7.82. The predicted octanol–water partition coefficient (Wildman–Crippen LogP) is 2.26. The number of hydrogen-bond donors (Lipinski definition) is 0. The molecule has 2 aliphatic heterocycles. The molecule has 0 N–H and O–H groups in total. The highest BCUT2D eigenvalue weighted by atomic mass is 16.2. The molecule has 1 atom stereocenters. The number of nitrogens with zero attached hydrogens (tertiary/aromatic N) is 4. The molecule has 0 bridgehead atoms. The standard InChI is InChI=1S/C26H38N4O3/c1-3-21-8-10-23(11-9-21)25(32)29-18-14-28(15-19-29)24(22-6-4-5-7-22)26(33)30-16-12-27(13-17-30)20(2)31/h8-11,22,24H,3-7,12-19H2,1-2H3. The summed E-state index contributed by atoms with van der Waals surface area (Å²) < 4.78 is 0. The van der Waals surface area contributed by atoms with Crippen molar-refractivity contribution in [2.75, 3.05) is 52.4 Å². The Bertz CT molecular complexity index is 834. The molecule has 1 aromatic rings. The molecule has 1 aliphatic carbocycles. The maximum absolute atomic E-state index is 13.7. The fourth-order valence-electron chi connectivity index (χ4n) is 5.63. The molecule has 1 unspecified atom stereocenters. The van der Waals surface area contributed by atoms with Crippen LogP contribution in [0, 0.1) is 5.92 Å². The van der Waals surface area contributed by atoms with Gasteiger partial charge >= 0.3 is 0 Å². The minimum Gasteiger partial charge on any atom is -0.339 e. The first-order valence-electron chi connectivity index (χ1n) is 12.6. The predicted molar refractivity (Wildman–Crippen MR) is 128 cm³/mol. The van der Waals surface area contributed by atoms with Crippen LogP contribution in [0.25, 0.3) is 0 Å². The Morgan fingerprint density at radius 2 is 1.36 bits per heavy atom. The fourth-order valence-corrected chi connectivity index (χ4v) is 5.63. The molecule has 4 rings (SSSR count). The van der Waals surface area contributed by atoms with Gasteiger partial charge in [0.1, 0.15) is 0 Å². The minimum absolute atomic E-state index is 0.0829. The van der Waals surface area contributed by atoms with Crippen LogP contribution < -0.4 is 0 Å². The SMILES string of the molecule is CCc1ccc(C(=O)N2CCN(C(C(=O)N3CCN(C(C)=O)CC3)C3CCCC3)CC2)cc1. The third-order valence-electron chi connectivity index (χ3n) is 7.74. The largest absolute Gasteiger partial charge is 0.339 e. The molecule has 3 amide bonds. The van der Waals surface area contributed by atoms with Gasteiger partial charge in [-0.15, -0.1) is 0 Å². The Labute approximate surface area is 197 Å². The first-order chi connectivity index (χ1) is 16.0. The van der Waals surface area contributed by atoms with Gasteiger partial charge in [-0.05, 0) is 42.9 Å². The molecule has 33 heavy (non-hydrogen) atoms. The molecule has 0 aromatic heterocycles. The normalized spacial score (nSPS) is 21.3. The van der Waals surface area contributed by atoms with Crippen LogP contribution in [-0.4, -0.2) is 95.7 Å². The fraction of sp³-hybridized carbons (Fsp3) is 0.654. The molecule has 7 heteroatoms. The number of carbonyl (C=O) groups excluding carboxylic acids is 3. The molecule has 0 spiro atoms. The molecule has 1 saturated carbocycles. The number of carbonyl (C=O) groups is 3. The van der Waals surface area contributed by atoms with Crippen molar-refractivity contribution in [2.24, 2.45) is 5.92 Å². The Kier molecular flexibility index (Phi) is 7.68. The zero-order chi connectivity index (χ0) is 23.4. The van der Waals surface area contributed by atoms with Crippen LogP contribution in [0.3, 0.4) is 0 Å². The van der Waals surface area contributed by atoms with Crippen molar-refractivity contribution < 1.29 is 14.4 Å². The number of aryl methyl sites for hydroxylation is 1. The van der Waals surface area contributed by atoms with Crippen molar-refractivity contribution >= 4 is 17.7 Å². The molecule has 7 nitrogen and oxygen atoms in total. The lowest BCUT2D eigenvalue weighted by molar-refractivity contribution is -0.144. The summed E-state index contributed by atoms with van der Waals surface area (Å²) in [5.41, 5.74) is 1.98. The molecule has 3 fully saturated rings. The van der Waals surface area contributed by atoms with E-state index in [0.29, 0.717) is 45.2 Å². The van der Waals surface area contributed by atoms with Crippen molar-refractivity contribution in [2.45, 2.75) is 52.0 Å². The number of hydrogen-bond acceptors (Lipinski definition) is 4. The van der Waals surface area contributed by atoms with Crippen molar-refractivity contribution in [3.8, 4) is 0 Å². The van der Waals surface area contributed by atoms with Gasteiger partial charge < -0.3 is 14.7 Å². The number of piperazine rings is 2. The Morgan fingerprint density at radius 3 is 1.91 bits per heavy atom. The zero-order valence-corrected chi connectivity index (χ0v) is 20.2. The molecule has 0 radical (unpaired) electrons. The van der Waals surface area contributed by atoms with E-state index in [-0.39, 0.29) is 23.8 Å². The van der Waals surface area contributed by atoms with Crippen LogP contribution in [-0.2, 0) is 16.0 Å². The van der Waals surface area contributed by atoms with Gasteiger partial charge in [-0.25, -0.2) is 0 Å². The maximum Gasteiger partial charge on any atom is 0.253 e. The first kappa shape index (κ1) is 23.7. The highest BCUT2D eigenvalue weighted by Gasteiger charge is 2.40. The van der Waals surface area contributed by atoms with E-state index in [2.05, 4.69) is 11.8 Å². The van der Waals surface area contributed by atoms with Crippen LogP contribution >= 0.6 is 0 Å². The van der Waals surface area contributed by atoms with Gasteiger partial charge in [0, 0.05) is 64.8 Å². The number of amides is 3. The topological polar surface area (TPSA) is 64.2 Å². The molecule has 180 valence electrons. The molecule has 3 aliphatic rings. The van der Waals surface area contributed by atoms with Gasteiger partial charge in [0.15, 0.2) is 0 Å². The van der Waals surface area contributed by atoms with Crippen LogP contribution in [0.15, 0.2) is 24.3 Å². The van der Waals surface area contributed by atoms with Crippen molar-refractivity contribution in [3.05, 3.63) is 35.4 Å².